The second-order valence-electron chi connectivity index (χ2n) is 4.75. The Hall–Kier alpha value is -3.37. The molecule has 0 aliphatic carbocycles. The molecule has 0 radical (unpaired) electrons. The van der Waals surface area contributed by atoms with Crippen LogP contribution in [0.5, 0.6) is 0 Å². The molecule has 0 fully saturated rings. The summed E-state index contributed by atoms with van der Waals surface area (Å²) in [5.74, 6) is -2.54. The molecular formula is C14H9F3N6O2. The van der Waals surface area contributed by atoms with Crippen LogP contribution in [0.1, 0.15) is 21.8 Å². The topological polar surface area (TPSA) is 107 Å². The lowest BCUT2D eigenvalue weighted by molar-refractivity contribution is -0.159. The van der Waals surface area contributed by atoms with E-state index in [2.05, 4.69) is 34.9 Å². The number of nitrogens with one attached hydrogen (secondary N) is 1. The maximum absolute atomic E-state index is 12.4. The molecule has 0 spiro atoms. The fraction of sp³-hybridized carbons (Fsp3) is 0.143. The van der Waals surface area contributed by atoms with Crippen LogP contribution >= 0.6 is 0 Å². The van der Waals surface area contributed by atoms with Crippen LogP contribution in [0, 0.1) is 0 Å². The number of halogens is 3. The van der Waals surface area contributed by atoms with E-state index in [0.717, 1.165) is 18.0 Å². The molecule has 0 saturated heterocycles. The van der Waals surface area contributed by atoms with Gasteiger partial charge in [0.1, 0.15) is 0 Å². The lowest BCUT2D eigenvalue weighted by atomic mass is 10.2. The van der Waals surface area contributed by atoms with E-state index in [4.69, 9.17) is 0 Å². The minimum atomic E-state index is -4.75. The molecule has 0 unspecified atom stereocenters. The van der Waals surface area contributed by atoms with Crippen LogP contribution in [0.25, 0.3) is 11.6 Å². The van der Waals surface area contributed by atoms with Crippen molar-refractivity contribution in [3.05, 3.63) is 53.9 Å². The molecule has 3 aromatic rings. The summed E-state index contributed by atoms with van der Waals surface area (Å²) in [7, 11) is 0. The van der Waals surface area contributed by atoms with E-state index < -0.39 is 23.8 Å². The summed E-state index contributed by atoms with van der Waals surface area (Å²) in [4.78, 5) is 26.6. The molecule has 128 valence electrons. The summed E-state index contributed by atoms with van der Waals surface area (Å²) in [6.07, 6.45) is 0.763. The second kappa shape index (κ2) is 6.63. The average Bonchev–Trinajstić information content (AvgIpc) is 3.11. The van der Waals surface area contributed by atoms with Gasteiger partial charge in [-0.05, 0) is 17.7 Å². The zero-order valence-electron chi connectivity index (χ0n) is 12.4. The Morgan fingerprint density at radius 3 is 2.40 bits per heavy atom. The Morgan fingerprint density at radius 2 is 1.80 bits per heavy atom. The number of amides is 1. The highest BCUT2D eigenvalue weighted by molar-refractivity contribution is 5.93. The van der Waals surface area contributed by atoms with Gasteiger partial charge in [0.05, 0.1) is 5.56 Å². The SMILES string of the molecule is O=C(NCc1ccncc1)c1cnc(-c2noc(C(F)(F)F)n2)nc1. The van der Waals surface area contributed by atoms with Crippen molar-refractivity contribution in [3.63, 3.8) is 0 Å². The molecule has 0 aliphatic heterocycles. The average molecular weight is 350 g/mol. The van der Waals surface area contributed by atoms with Crippen LogP contribution in [0.3, 0.4) is 0 Å². The van der Waals surface area contributed by atoms with Gasteiger partial charge in [-0.15, -0.1) is 0 Å². The normalized spacial score (nSPS) is 11.3. The zero-order valence-corrected chi connectivity index (χ0v) is 12.4. The van der Waals surface area contributed by atoms with Gasteiger partial charge in [0.2, 0.25) is 11.6 Å². The molecule has 3 rings (SSSR count). The third-order valence-corrected chi connectivity index (χ3v) is 2.98. The van der Waals surface area contributed by atoms with E-state index in [0.29, 0.717) is 0 Å². The van der Waals surface area contributed by atoms with E-state index in [1.165, 1.54) is 0 Å². The first kappa shape index (κ1) is 16.5. The van der Waals surface area contributed by atoms with E-state index in [-0.39, 0.29) is 17.9 Å². The molecule has 0 aromatic carbocycles. The Bertz CT molecular complexity index is 864. The third kappa shape index (κ3) is 3.94. The van der Waals surface area contributed by atoms with Crippen LogP contribution in [0.2, 0.25) is 0 Å². The van der Waals surface area contributed by atoms with Gasteiger partial charge in [-0.3, -0.25) is 9.78 Å². The zero-order chi connectivity index (χ0) is 17.9. The molecule has 0 aliphatic rings. The molecule has 0 atom stereocenters. The molecule has 11 heteroatoms. The van der Waals surface area contributed by atoms with Gasteiger partial charge in [-0.1, -0.05) is 5.16 Å². The standard InChI is InChI=1S/C14H9F3N6O2/c15-14(16,17)13-22-11(23-25-13)10-19-6-9(7-20-10)12(24)21-5-8-1-3-18-4-2-8/h1-4,6-7H,5H2,(H,21,24). The molecule has 8 nitrogen and oxygen atoms in total. The summed E-state index contributed by atoms with van der Waals surface area (Å²) in [5.41, 5.74) is 0.990. The quantitative estimate of drug-likeness (QED) is 0.765. The van der Waals surface area contributed by atoms with E-state index in [1.807, 2.05) is 0 Å². The summed E-state index contributed by atoms with van der Waals surface area (Å²) in [5, 5.41) is 5.82. The Labute approximate surface area is 138 Å². The van der Waals surface area contributed by atoms with Crippen molar-refractivity contribution in [2.45, 2.75) is 12.7 Å². The first-order valence-electron chi connectivity index (χ1n) is 6.84. The smallest absolute Gasteiger partial charge is 0.348 e. The van der Waals surface area contributed by atoms with Gasteiger partial charge >= 0.3 is 12.1 Å². The number of alkyl halides is 3. The molecular weight excluding hydrogens is 341 g/mol. The van der Waals surface area contributed by atoms with Crippen molar-refractivity contribution in [1.82, 2.24) is 30.4 Å². The predicted octanol–water partition coefficient (Wildman–Crippen LogP) is 1.87. The van der Waals surface area contributed by atoms with Gasteiger partial charge in [-0.25, -0.2) is 9.97 Å². The maximum Gasteiger partial charge on any atom is 0.471 e. The number of pyridine rings is 1. The van der Waals surface area contributed by atoms with Crippen molar-refractivity contribution < 1.29 is 22.5 Å². The Kier molecular flexibility index (Phi) is 4.37. The van der Waals surface area contributed by atoms with E-state index in [9.17, 15) is 18.0 Å². The Balaban J connectivity index is 1.67. The lowest BCUT2D eigenvalue weighted by Gasteiger charge is -2.04. The molecule has 0 bridgehead atoms. The van der Waals surface area contributed by atoms with Crippen LogP contribution in [-0.4, -0.2) is 31.0 Å². The highest BCUT2D eigenvalue weighted by Gasteiger charge is 2.38. The fourth-order valence-corrected chi connectivity index (χ4v) is 1.78. The van der Waals surface area contributed by atoms with Gasteiger partial charge in [0, 0.05) is 31.3 Å². The lowest BCUT2D eigenvalue weighted by Crippen LogP contribution is -2.23. The summed E-state index contributed by atoms with van der Waals surface area (Å²) < 4.78 is 41.4. The second-order valence-corrected chi connectivity index (χ2v) is 4.75. The molecule has 3 aromatic heterocycles. The molecule has 1 amide bonds. The monoisotopic (exact) mass is 350 g/mol. The number of rotatable bonds is 4. The number of carbonyl (C=O) groups excluding carboxylic acids is 1. The van der Waals surface area contributed by atoms with Crippen molar-refractivity contribution in [2.75, 3.05) is 0 Å². The van der Waals surface area contributed by atoms with Crippen LogP contribution in [0.15, 0.2) is 41.4 Å². The number of hydrogen-bond acceptors (Lipinski definition) is 7. The molecule has 1 N–H and O–H groups in total. The van der Waals surface area contributed by atoms with Crippen LogP contribution in [-0.2, 0) is 12.7 Å². The van der Waals surface area contributed by atoms with Crippen molar-refractivity contribution in [3.8, 4) is 11.6 Å². The fourth-order valence-electron chi connectivity index (χ4n) is 1.78. The number of nitrogens with zero attached hydrogens (tertiary/aromatic N) is 5. The summed E-state index contributed by atoms with van der Waals surface area (Å²) in [6.45, 7) is 0.281. The first-order valence-corrected chi connectivity index (χ1v) is 6.84. The van der Waals surface area contributed by atoms with Gasteiger partial charge in [0.25, 0.3) is 5.91 Å². The van der Waals surface area contributed by atoms with Gasteiger partial charge in [-0.2, -0.15) is 18.2 Å². The van der Waals surface area contributed by atoms with Crippen molar-refractivity contribution >= 4 is 5.91 Å². The third-order valence-electron chi connectivity index (χ3n) is 2.98. The largest absolute Gasteiger partial charge is 0.471 e. The number of carbonyl (C=O) groups is 1. The van der Waals surface area contributed by atoms with Gasteiger partial charge < -0.3 is 9.84 Å². The van der Waals surface area contributed by atoms with E-state index >= 15 is 0 Å². The summed E-state index contributed by atoms with van der Waals surface area (Å²) in [6, 6.07) is 3.49. The first-order chi connectivity index (χ1) is 11.9. The maximum atomic E-state index is 12.4. The molecule has 0 saturated carbocycles. The van der Waals surface area contributed by atoms with Crippen LogP contribution < -0.4 is 5.32 Å². The minimum absolute atomic E-state index is 0.136. The summed E-state index contributed by atoms with van der Waals surface area (Å²) >= 11 is 0. The number of hydrogen-bond donors (Lipinski definition) is 1. The highest BCUT2D eigenvalue weighted by atomic mass is 19.4. The molecule has 25 heavy (non-hydrogen) atoms. The molecule has 3 heterocycles. The minimum Gasteiger partial charge on any atom is -0.348 e. The Morgan fingerprint density at radius 1 is 1.12 bits per heavy atom. The van der Waals surface area contributed by atoms with Crippen molar-refractivity contribution in [2.24, 2.45) is 0 Å². The predicted molar refractivity (Wildman–Crippen MR) is 75.7 cm³/mol. The van der Waals surface area contributed by atoms with Gasteiger partial charge in [0.15, 0.2) is 0 Å². The van der Waals surface area contributed by atoms with Crippen LogP contribution in [0.4, 0.5) is 13.2 Å². The van der Waals surface area contributed by atoms with E-state index in [1.54, 1.807) is 24.5 Å². The van der Waals surface area contributed by atoms with Crippen molar-refractivity contribution in [1.29, 1.82) is 0 Å². The number of aromatic nitrogens is 5. The highest BCUT2D eigenvalue weighted by Crippen LogP contribution is 2.28.